The number of nitrogens with two attached hydrogens (primary N) is 1. The van der Waals surface area contributed by atoms with Crippen LogP contribution in [0.4, 0.5) is 0 Å². The summed E-state index contributed by atoms with van der Waals surface area (Å²) in [5.74, 6) is -1.03. The van der Waals surface area contributed by atoms with Gasteiger partial charge in [0.2, 0.25) is 5.82 Å². The fourth-order valence-electron chi connectivity index (χ4n) is 1.61. The average molecular weight is 244 g/mol. The zero-order valence-corrected chi connectivity index (χ0v) is 8.67. The highest BCUT2D eigenvalue weighted by molar-refractivity contribution is 5.88. The Balaban J connectivity index is 2.19. The second-order valence-electron chi connectivity index (χ2n) is 3.64. The van der Waals surface area contributed by atoms with Gasteiger partial charge in [-0.05, 0) is 0 Å². The van der Waals surface area contributed by atoms with Gasteiger partial charge in [-0.25, -0.2) is 9.67 Å². The van der Waals surface area contributed by atoms with Crippen molar-refractivity contribution >= 4 is 5.91 Å². The first-order valence-electron chi connectivity index (χ1n) is 4.88. The molecule has 0 radical (unpaired) electrons. The second kappa shape index (κ2) is 4.37. The lowest BCUT2D eigenvalue weighted by Gasteiger charge is -2.13. The van der Waals surface area contributed by atoms with Crippen LogP contribution in [0.15, 0.2) is 6.33 Å². The number of ether oxygens (including phenoxy) is 1. The summed E-state index contributed by atoms with van der Waals surface area (Å²) < 4.78 is 6.25. The maximum atomic E-state index is 10.8. The third-order valence-corrected chi connectivity index (χ3v) is 2.51. The van der Waals surface area contributed by atoms with E-state index in [1.165, 1.54) is 0 Å². The molecule has 1 aliphatic heterocycles. The molecule has 4 atom stereocenters. The Morgan fingerprint density at radius 2 is 2.24 bits per heavy atom. The number of aliphatic hydroxyl groups is 3. The maximum absolute atomic E-state index is 10.8. The molecule has 1 fully saturated rings. The van der Waals surface area contributed by atoms with Crippen LogP contribution in [0.5, 0.6) is 0 Å². The van der Waals surface area contributed by atoms with Gasteiger partial charge < -0.3 is 25.8 Å². The van der Waals surface area contributed by atoms with Crippen molar-refractivity contribution in [2.45, 2.75) is 24.5 Å². The molecule has 2 rings (SSSR count). The summed E-state index contributed by atoms with van der Waals surface area (Å²) in [5, 5.41) is 31.8. The van der Waals surface area contributed by atoms with Gasteiger partial charge in [0, 0.05) is 0 Å². The quantitative estimate of drug-likeness (QED) is 0.443. The molecule has 1 saturated heterocycles. The lowest BCUT2D eigenvalue weighted by molar-refractivity contribution is -0.0588. The van der Waals surface area contributed by atoms with E-state index in [4.69, 9.17) is 15.6 Å². The summed E-state index contributed by atoms with van der Waals surface area (Å²) in [7, 11) is 0. The van der Waals surface area contributed by atoms with Crippen molar-refractivity contribution in [2.75, 3.05) is 6.61 Å². The van der Waals surface area contributed by atoms with Gasteiger partial charge in [-0.2, -0.15) is 0 Å². The Hall–Kier alpha value is -1.55. The number of rotatable bonds is 3. The number of hydrogen-bond acceptors (Lipinski definition) is 7. The Morgan fingerprint density at radius 1 is 1.53 bits per heavy atom. The van der Waals surface area contributed by atoms with Crippen LogP contribution >= 0.6 is 0 Å². The largest absolute Gasteiger partial charge is 0.394 e. The van der Waals surface area contributed by atoms with E-state index in [1.54, 1.807) is 0 Å². The predicted molar refractivity (Wildman–Crippen MR) is 51.5 cm³/mol. The van der Waals surface area contributed by atoms with E-state index in [9.17, 15) is 15.0 Å². The fourth-order valence-corrected chi connectivity index (χ4v) is 1.61. The monoisotopic (exact) mass is 244 g/mol. The summed E-state index contributed by atoms with van der Waals surface area (Å²) in [6.45, 7) is -0.438. The third-order valence-electron chi connectivity index (χ3n) is 2.51. The molecule has 5 N–H and O–H groups in total. The topological polar surface area (TPSA) is 144 Å². The molecule has 1 aromatic rings. The number of aliphatic hydroxyl groups excluding tert-OH is 3. The summed E-state index contributed by atoms with van der Waals surface area (Å²) in [6.07, 6.45) is -3.26. The minimum atomic E-state index is -1.27. The number of aromatic nitrogens is 3. The zero-order valence-electron chi connectivity index (χ0n) is 8.67. The van der Waals surface area contributed by atoms with Crippen molar-refractivity contribution in [1.29, 1.82) is 0 Å². The second-order valence-corrected chi connectivity index (χ2v) is 3.64. The van der Waals surface area contributed by atoms with Gasteiger partial charge in [-0.15, -0.1) is 5.10 Å². The molecule has 0 bridgehead atoms. The highest BCUT2D eigenvalue weighted by atomic mass is 16.6. The zero-order chi connectivity index (χ0) is 12.6. The molecule has 0 aromatic carbocycles. The molecule has 1 aromatic heterocycles. The smallest absolute Gasteiger partial charge is 0.288 e. The van der Waals surface area contributed by atoms with E-state index < -0.39 is 37.1 Å². The van der Waals surface area contributed by atoms with E-state index in [0.29, 0.717) is 0 Å². The molecule has 0 aliphatic carbocycles. The van der Waals surface area contributed by atoms with Crippen LogP contribution in [-0.2, 0) is 4.74 Å². The Bertz CT molecular complexity index is 422. The van der Waals surface area contributed by atoms with Gasteiger partial charge in [-0.3, -0.25) is 4.79 Å². The van der Waals surface area contributed by atoms with E-state index in [0.717, 1.165) is 11.0 Å². The fraction of sp³-hybridized carbons (Fsp3) is 0.625. The van der Waals surface area contributed by atoms with Gasteiger partial charge in [-0.1, -0.05) is 0 Å². The van der Waals surface area contributed by atoms with Crippen molar-refractivity contribution in [2.24, 2.45) is 5.73 Å². The third kappa shape index (κ3) is 2.00. The normalized spacial score (nSPS) is 32.9. The molecule has 0 spiro atoms. The first-order valence-corrected chi connectivity index (χ1v) is 4.88. The van der Waals surface area contributed by atoms with Crippen molar-refractivity contribution in [3.63, 3.8) is 0 Å². The number of nitrogens with zero attached hydrogens (tertiary/aromatic N) is 3. The Labute approximate surface area is 95.4 Å². The van der Waals surface area contributed by atoms with Crippen LogP contribution in [0.3, 0.4) is 0 Å². The average Bonchev–Trinajstić information content (AvgIpc) is 2.87. The molecule has 2 heterocycles. The SMILES string of the molecule is NC(=O)c1ncn(C2OC(CO)C(O)[C@H]2O)n1. The van der Waals surface area contributed by atoms with Crippen molar-refractivity contribution in [3.8, 4) is 0 Å². The van der Waals surface area contributed by atoms with E-state index in [-0.39, 0.29) is 5.82 Å². The van der Waals surface area contributed by atoms with Gasteiger partial charge in [0.05, 0.1) is 6.61 Å². The highest BCUT2D eigenvalue weighted by Gasteiger charge is 2.43. The number of carbonyl (C=O) groups excluding carboxylic acids is 1. The van der Waals surface area contributed by atoms with Gasteiger partial charge in [0.25, 0.3) is 5.91 Å². The number of carbonyl (C=O) groups is 1. The molecule has 9 heteroatoms. The van der Waals surface area contributed by atoms with Crippen LogP contribution in [0.2, 0.25) is 0 Å². The number of primary amides is 1. The van der Waals surface area contributed by atoms with E-state index >= 15 is 0 Å². The first-order chi connectivity index (χ1) is 8.04. The van der Waals surface area contributed by atoms with Crippen LogP contribution in [0.1, 0.15) is 16.8 Å². The molecule has 9 nitrogen and oxygen atoms in total. The first kappa shape index (κ1) is 11.9. The van der Waals surface area contributed by atoms with E-state index in [1.807, 2.05) is 0 Å². The summed E-state index contributed by atoms with van der Waals surface area (Å²) in [6, 6.07) is 0. The number of amides is 1. The van der Waals surface area contributed by atoms with Gasteiger partial charge in [0.1, 0.15) is 24.6 Å². The molecule has 1 amide bonds. The summed E-state index contributed by atoms with van der Waals surface area (Å²) in [5.41, 5.74) is 4.97. The lowest BCUT2D eigenvalue weighted by Crippen LogP contribution is -2.33. The van der Waals surface area contributed by atoms with Crippen molar-refractivity contribution < 1.29 is 24.9 Å². The molecule has 0 saturated carbocycles. The van der Waals surface area contributed by atoms with Gasteiger partial charge in [0.15, 0.2) is 6.23 Å². The van der Waals surface area contributed by atoms with Crippen molar-refractivity contribution in [1.82, 2.24) is 14.8 Å². The number of hydrogen-bond donors (Lipinski definition) is 4. The molecule has 1 aliphatic rings. The van der Waals surface area contributed by atoms with Crippen LogP contribution < -0.4 is 5.73 Å². The molecular weight excluding hydrogens is 232 g/mol. The highest BCUT2D eigenvalue weighted by Crippen LogP contribution is 2.28. The molecule has 17 heavy (non-hydrogen) atoms. The minimum absolute atomic E-state index is 0.220. The lowest BCUT2D eigenvalue weighted by atomic mass is 10.1. The standard InChI is InChI=1S/C8H12N4O5/c9-6(16)7-10-2-12(11-7)8-5(15)4(14)3(1-13)17-8/h2-5,8,13-15H,1H2,(H2,9,16)/t3?,4?,5-,8?/m1/s1. The molecular formula is C8H12N4O5. The Morgan fingerprint density at radius 3 is 2.71 bits per heavy atom. The van der Waals surface area contributed by atoms with Crippen LogP contribution in [0, 0.1) is 0 Å². The minimum Gasteiger partial charge on any atom is -0.394 e. The van der Waals surface area contributed by atoms with Gasteiger partial charge >= 0.3 is 0 Å². The van der Waals surface area contributed by atoms with E-state index in [2.05, 4.69) is 10.1 Å². The maximum Gasteiger partial charge on any atom is 0.288 e. The Kier molecular flexibility index (Phi) is 3.07. The van der Waals surface area contributed by atoms with Crippen LogP contribution in [-0.4, -0.2) is 60.9 Å². The predicted octanol–water partition coefficient (Wildman–Crippen LogP) is -3.01. The van der Waals surface area contributed by atoms with Crippen LogP contribution in [0.25, 0.3) is 0 Å². The van der Waals surface area contributed by atoms with Crippen molar-refractivity contribution in [3.05, 3.63) is 12.2 Å². The molecule has 3 unspecified atom stereocenters. The summed E-state index contributed by atoms with van der Waals surface area (Å²) in [4.78, 5) is 14.4. The summed E-state index contributed by atoms with van der Waals surface area (Å²) >= 11 is 0. The molecule has 94 valence electrons.